The van der Waals surface area contributed by atoms with Crippen LogP contribution in [0.5, 0.6) is 0 Å². The van der Waals surface area contributed by atoms with E-state index in [1.807, 2.05) is 22.7 Å². The third-order valence-electron chi connectivity index (χ3n) is 5.92. The topological polar surface area (TPSA) is 63.9 Å². The number of carbonyl (C=O) groups is 2. The number of hydrogen-bond acceptors (Lipinski definition) is 5. The first-order valence-corrected chi connectivity index (χ1v) is 11.4. The summed E-state index contributed by atoms with van der Waals surface area (Å²) in [7, 11) is 0. The maximum atomic E-state index is 15.1. The van der Waals surface area contributed by atoms with Gasteiger partial charge >= 0.3 is 5.97 Å². The lowest BCUT2D eigenvalue weighted by Crippen LogP contribution is -2.28. The van der Waals surface area contributed by atoms with Crippen molar-refractivity contribution in [1.82, 2.24) is 14.3 Å². The largest absolute Gasteiger partial charge is 0.462 e. The Labute approximate surface area is 188 Å². The molecule has 1 fully saturated rings. The van der Waals surface area contributed by atoms with Crippen molar-refractivity contribution in [3.8, 4) is 11.3 Å². The molecule has 0 aliphatic carbocycles. The van der Waals surface area contributed by atoms with Crippen LogP contribution >= 0.6 is 11.3 Å². The summed E-state index contributed by atoms with van der Waals surface area (Å²) in [6.07, 6.45) is 3.59. The molecule has 0 spiro atoms. The molecule has 164 valence electrons. The predicted molar refractivity (Wildman–Crippen MR) is 121 cm³/mol. The van der Waals surface area contributed by atoms with Crippen LogP contribution in [0.2, 0.25) is 0 Å². The summed E-state index contributed by atoms with van der Waals surface area (Å²) in [5, 5.41) is 0. The standard InChI is InChI=1S/C24H22FN3O3S/c1-3-31-23(30)16-7-9-21-22(12-16)32-24-26-19(13-28(21)24)17-8-6-15(11-18(17)25)20-5-4-10-27(20)14(2)29/h6-9,11-13,20H,3-5,10H2,1-2H3. The van der Waals surface area contributed by atoms with Crippen LogP contribution in [-0.2, 0) is 9.53 Å². The Hall–Kier alpha value is -3.26. The highest BCUT2D eigenvalue weighted by Crippen LogP contribution is 2.35. The van der Waals surface area contributed by atoms with Gasteiger partial charge < -0.3 is 9.64 Å². The Morgan fingerprint density at radius 2 is 2.09 bits per heavy atom. The zero-order valence-corrected chi connectivity index (χ0v) is 18.6. The molecule has 32 heavy (non-hydrogen) atoms. The predicted octanol–water partition coefficient (Wildman–Crippen LogP) is 5.22. The van der Waals surface area contributed by atoms with E-state index in [0.717, 1.165) is 33.6 Å². The minimum Gasteiger partial charge on any atom is -0.462 e. The molecule has 1 aliphatic rings. The lowest BCUT2D eigenvalue weighted by atomic mass is 10.0. The van der Waals surface area contributed by atoms with Crippen LogP contribution in [0, 0.1) is 5.82 Å². The lowest BCUT2D eigenvalue weighted by molar-refractivity contribution is -0.129. The molecular formula is C24H22FN3O3S. The Kier molecular flexibility index (Phi) is 5.17. The Morgan fingerprint density at radius 1 is 1.25 bits per heavy atom. The number of rotatable bonds is 4. The van der Waals surface area contributed by atoms with Crippen molar-refractivity contribution in [2.75, 3.05) is 13.2 Å². The molecule has 4 aromatic rings. The Morgan fingerprint density at radius 3 is 2.84 bits per heavy atom. The number of benzene rings is 2. The fourth-order valence-electron chi connectivity index (χ4n) is 4.41. The number of imidazole rings is 1. The first-order chi connectivity index (χ1) is 15.5. The van der Waals surface area contributed by atoms with Gasteiger partial charge in [-0.3, -0.25) is 9.20 Å². The van der Waals surface area contributed by atoms with Crippen molar-refractivity contribution in [1.29, 1.82) is 0 Å². The first kappa shape index (κ1) is 20.6. The van der Waals surface area contributed by atoms with Gasteiger partial charge in [0.2, 0.25) is 5.91 Å². The van der Waals surface area contributed by atoms with Gasteiger partial charge in [0.25, 0.3) is 0 Å². The molecule has 2 aromatic heterocycles. The second-order valence-corrected chi connectivity index (χ2v) is 8.90. The van der Waals surface area contributed by atoms with Crippen molar-refractivity contribution in [2.45, 2.75) is 32.7 Å². The van der Waals surface area contributed by atoms with E-state index in [-0.39, 0.29) is 23.7 Å². The minimum atomic E-state index is -0.353. The average molecular weight is 452 g/mol. The van der Waals surface area contributed by atoms with Crippen LogP contribution in [0.4, 0.5) is 4.39 Å². The Bertz CT molecular complexity index is 1360. The summed E-state index contributed by atoms with van der Waals surface area (Å²) < 4.78 is 23.0. The van der Waals surface area contributed by atoms with Gasteiger partial charge in [0, 0.05) is 25.2 Å². The summed E-state index contributed by atoms with van der Waals surface area (Å²) in [4.78, 5) is 31.0. The molecule has 1 saturated heterocycles. The van der Waals surface area contributed by atoms with Crippen LogP contribution in [0.3, 0.4) is 0 Å². The number of aromatic nitrogens is 2. The maximum absolute atomic E-state index is 15.1. The van der Waals surface area contributed by atoms with Gasteiger partial charge in [-0.05, 0) is 55.7 Å². The third-order valence-corrected chi connectivity index (χ3v) is 6.93. The lowest BCUT2D eigenvalue weighted by Gasteiger charge is -2.23. The SMILES string of the molecule is CCOC(=O)c1ccc2c(c1)sc1nc(-c3ccc(C4CCCN4C(C)=O)cc3F)cn12. The highest BCUT2D eigenvalue weighted by molar-refractivity contribution is 7.23. The second kappa shape index (κ2) is 8.02. The molecule has 6 nitrogen and oxygen atoms in total. The van der Waals surface area contributed by atoms with E-state index in [4.69, 9.17) is 4.74 Å². The molecular weight excluding hydrogens is 429 g/mol. The van der Waals surface area contributed by atoms with Crippen LogP contribution in [0.1, 0.15) is 48.7 Å². The molecule has 5 rings (SSSR count). The molecule has 1 amide bonds. The number of nitrogens with zero attached hydrogens (tertiary/aromatic N) is 3. The van der Waals surface area contributed by atoms with E-state index >= 15 is 4.39 Å². The summed E-state index contributed by atoms with van der Waals surface area (Å²) in [5.41, 5.74) is 3.19. The van der Waals surface area contributed by atoms with Gasteiger partial charge in [0.05, 0.1) is 34.1 Å². The zero-order chi connectivity index (χ0) is 22.4. The normalized spacial score (nSPS) is 16.2. The number of hydrogen-bond donors (Lipinski definition) is 0. The van der Waals surface area contributed by atoms with E-state index in [1.54, 1.807) is 36.9 Å². The number of amides is 1. The van der Waals surface area contributed by atoms with Crippen molar-refractivity contribution < 1.29 is 18.7 Å². The minimum absolute atomic E-state index is 0.0179. The first-order valence-electron chi connectivity index (χ1n) is 10.6. The zero-order valence-electron chi connectivity index (χ0n) is 17.8. The maximum Gasteiger partial charge on any atom is 0.338 e. The molecule has 2 aromatic carbocycles. The quantitative estimate of drug-likeness (QED) is 0.399. The number of fused-ring (bicyclic) bond motifs is 3. The van der Waals surface area contributed by atoms with Gasteiger partial charge in [-0.15, -0.1) is 0 Å². The number of halogens is 1. The molecule has 0 saturated carbocycles. The fourth-order valence-corrected chi connectivity index (χ4v) is 5.46. The number of esters is 1. The molecule has 3 heterocycles. The summed E-state index contributed by atoms with van der Waals surface area (Å²) in [5.74, 6) is -0.684. The van der Waals surface area contributed by atoms with E-state index in [9.17, 15) is 9.59 Å². The van der Waals surface area contributed by atoms with Crippen LogP contribution in [0.25, 0.3) is 26.4 Å². The number of thiazole rings is 1. The number of ether oxygens (including phenoxy) is 1. The van der Waals surface area contributed by atoms with Gasteiger partial charge in [-0.2, -0.15) is 0 Å². The molecule has 1 atom stereocenters. The summed E-state index contributed by atoms with van der Waals surface area (Å²) in [6, 6.07) is 10.5. The molecule has 1 aliphatic heterocycles. The van der Waals surface area contributed by atoms with Crippen molar-refractivity contribution in [3.63, 3.8) is 0 Å². The Balaban J connectivity index is 1.48. The molecule has 0 radical (unpaired) electrons. The average Bonchev–Trinajstić information content (AvgIpc) is 3.47. The van der Waals surface area contributed by atoms with Gasteiger partial charge in [-0.1, -0.05) is 17.4 Å². The monoisotopic (exact) mass is 451 g/mol. The molecule has 1 unspecified atom stereocenters. The van der Waals surface area contributed by atoms with E-state index < -0.39 is 0 Å². The fraction of sp³-hybridized carbons (Fsp3) is 0.292. The van der Waals surface area contributed by atoms with Gasteiger partial charge in [0.1, 0.15) is 5.82 Å². The van der Waals surface area contributed by atoms with E-state index in [0.29, 0.717) is 30.0 Å². The van der Waals surface area contributed by atoms with Gasteiger partial charge in [-0.25, -0.2) is 14.2 Å². The second-order valence-electron chi connectivity index (χ2n) is 7.89. The molecule has 0 N–H and O–H groups in total. The van der Waals surface area contributed by atoms with Crippen LogP contribution in [-0.4, -0.2) is 39.3 Å². The molecule has 0 bridgehead atoms. The van der Waals surface area contributed by atoms with Crippen molar-refractivity contribution in [2.24, 2.45) is 0 Å². The van der Waals surface area contributed by atoms with Crippen LogP contribution in [0.15, 0.2) is 42.6 Å². The van der Waals surface area contributed by atoms with E-state index in [1.165, 1.54) is 17.4 Å². The summed E-state index contributed by atoms with van der Waals surface area (Å²) >= 11 is 1.44. The summed E-state index contributed by atoms with van der Waals surface area (Å²) in [6.45, 7) is 4.37. The highest BCUT2D eigenvalue weighted by Gasteiger charge is 2.28. The smallest absolute Gasteiger partial charge is 0.338 e. The number of likely N-dealkylation sites (tertiary alicyclic amines) is 1. The van der Waals surface area contributed by atoms with E-state index in [2.05, 4.69) is 4.98 Å². The van der Waals surface area contributed by atoms with Gasteiger partial charge in [0.15, 0.2) is 4.96 Å². The third kappa shape index (κ3) is 3.44. The van der Waals surface area contributed by atoms with Crippen molar-refractivity contribution >= 4 is 38.4 Å². The number of carbonyl (C=O) groups excluding carboxylic acids is 2. The molecule has 8 heteroatoms. The van der Waals surface area contributed by atoms with Crippen LogP contribution < -0.4 is 0 Å². The van der Waals surface area contributed by atoms with Crippen molar-refractivity contribution in [3.05, 3.63) is 59.5 Å². The highest BCUT2D eigenvalue weighted by atomic mass is 32.1.